The summed E-state index contributed by atoms with van der Waals surface area (Å²) in [7, 11) is -2.16. The standard InChI is InChI=1S/C40H39ClN2O3S/c1-39(2)34(42(5)32-21-17-26-11-6-8-15-30(26)36(32)39)23-19-28-13-10-14-29(38(28)41)20-24-35-40(3,4)37-31-16-9-7-12-27(31)18-22-33(37)43(35)25-47(44,45)46/h6-9,11-12,15-24H,10,13-14,25H2,1-5H3/p+1. The van der Waals surface area contributed by atoms with Crippen molar-refractivity contribution in [2.24, 2.45) is 0 Å². The normalized spacial score (nSPS) is 20.8. The number of rotatable bonds is 5. The summed E-state index contributed by atoms with van der Waals surface area (Å²) in [5, 5.41) is 5.43. The molecule has 0 radical (unpaired) electrons. The molecule has 0 atom stereocenters. The minimum atomic E-state index is -4.30. The molecule has 0 aromatic heterocycles. The Kier molecular flexibility index (Phi) is 7.62. The van der Waals surface area contributed by atoms with E-state index in [1.54, 1.807) is 4.90 Å². The molecule has 240 valence electrons. The van der Waals surface area contributed by atoms with Gasteiger partial charge in [-0.2, -0.15) is 13.0 Å². The van der Waals surface area contributed by atoms with Gasteiger partial charge in [-0.3, -0.25) is 4.55 Å². The summed E-state index contributed by atoms with van der Waals surface area (Å²) in [6.07, 6.45) is 11.1. The highest BCUT2D eigenvalue weighted by molar-refractivity contribution is 7.85. The lowest BCUT2D eigenvalue weighted by molar-refractivity contribution is -0.401. The molecule has 0 bridgehead atoms. The van der Waals surface area contributed by atoms with Gasteiger partial charge in [-0.05, 0) is 89.6 Å². The van der Waals surface area contributed by atoms with E-state index >= 15 is 0 Å². The number of fused-ring (bicyclic) bond motifs is 6. The first-order valence-electron chi connectivity index (χ1n) is 16.2. The van der Waals surface area contributed by atoms with Crippen LogP contribution in [0.2, 0.25) is 0 Å². The van der Waals surface area contributed by atoms with Crippen LogP contribution in [0, 0.1) is 0 Å². The van der Waals surface area contributed by atoms with Gasteiger partial charge < -0.3 is 4.90 Å². The largest absolute Gasteiger partial charge is 0.327 e. The number of hydrogen-bond acceptors (Lipinski definition) is 3. The predicted octanol–water partition coefficient (Wildman–Crippen LogP) is 9.69. The summed E-state index contributed by atoms with van der Waals surface area (Å²) in [4.78, 5) is 1.73. The van der Waals surface area contributed by atoms with Crippen LogP contribution in [0.3, 0.4) is 0 Å². The molecule has 0 spiro atoms. The Balaban J connectivity index is 1.26. The highest BCUT2D eigenvalue weighted by atomic mass is 35.5. The first-order chi connectivity index (χ1) is 22.3. The lowest BCUT2D eigenvalue weighted by Gasteiger charge is -2.26. The number of allylic oxidation sites excluding steroid dienone is 8. The van der Waals surface area contributed by atoms with E-state index in [1.165, 1.54) is 27.7 Å². The highest BCUT2D eigenvalue weighted by Crippen LogP contribution is 2.51. The van der Waals surface area contributed by atoms with Crippen LogP contribution in [0.25, 0.3) is 21.5 Å². The monoisotopic (exact) mass is 663 g/mol. The van der Waals surface area contributed by atoms with Crippen molar-refractivity contribution >= 4 is 60.4 Å². The van der Waals surface area contributed by atoms with Crippen LogP contribution in [-0.4, -0.2) is 36.2 Å². The molecular formula is C40H40ClN2O3S+. The quantitative estimate of drug-likeness (QED) is 0.171. The smallest absolute Gasteiger partial charge is 0.283 e. The number of benzene rings is 4. The van der Waals surface area contributed by atoms with Gasteiger partial charge in [-0.25, -0.2) is 0 Å². The van der Waals surface area contributed by atoms with Crippen LogP contribution in [-0.2, 0) is 20.9 Å². The molecule has 2 aliphatic heterocycles. The molecule has 4 aromatic rings. The summed E-state index contributed by atoms with van der Waals surface area (Å²) >= 11 is 7.13. The van der Waals surface area contributed by atoms with Crippen molar-refractivity contribution < 1.29 is 17.5 Å². The molecule has 47 heavy (non-hydrogen) atoms. The summed E-state index contributed by atoms with van der Waals surface area (Å²) in [6, 6.07) is 25.1. The van der Waals surface area contributed by atoms with Crippen LogP contribution in [0.4, 0.5) is 11.4 Å². The maximum atomic E-state index is 12.2. The topological polar surface area (TPSA) is 60.6 Å². The Morgan fingerprint density at radius 1 is 0.830 bits per heavy atom. The van der Waals surface area contributed by atoms with Gasteiger partial charge in [0.05, 0.1) is 5.41 Å². The van der Waals surface area contributed by atoms with Crippen molar-refractivity contribution in [3.63, 3.8) is 0 Å². The second kappa shape index (κ2) is 11.3. The second-order valence-electron chi connectivity index (χ2n) is 14.0. The summed E-state index contributed by atoms with van der Waals surface area (Å²) in [5.41, 5.74) is 7.85. The van der Waals surface area contributed by atoms with Crippen LogP contribution in [0.1, 0.15) is 58.1 Å². The van der Waals surface area contributed by atoms with Gasteiger partial charge >= 0.3 is 0 Å². The van der Waals surface area contributed by atoms with Gasteiger partial charge in [-0.15, -0.1) is 0 Å². The van der Waals surface area contributed by atoms with Gasteiger partial charge in [0.2, 0.25) is 5.69 Å². The zero-order valence-corrected chi connectivity index (χ0v) is 29.1. The molecule has 7 heteroatoms. The maximum absolute atomic E-state index is 12.2. The van der Waals surface area contributed by atoms with E-state index in [9.17, 15) is 13.0 Å². The Hall–Kier alpha value is -3.97. The summed E-state index contributed by atoms with van der Waals surface area (Å²) in [6.45, 7) is 8.80. The van der Waals surface area contributed by atoms with Crippen LogP contribution >= 0.6 is 11.6 Å². The molecular weight excluding hydrogens is 624 g/mol. The number of hydrogen-bond donors (Lipinski definition) is 1. The predicted molar refractivity (Wildman–Crippen MR) is 196 cm³/mol. The summed E-state index contributed by atoms with van der Waals surface area (Å²) in [5.74, 6) is -0.520. The first-order valence-corrected chi connectivity index (χ1v) is 18.1. The van der Waals surface area contributed by atoms with Crippen molar-refractivity contribution in [1.82, 2.24) is 0 Å². The van der Waals surface area contributed by atoms with E-state index in [1.807, 2.05) is 36.4 Å². The van der Waals surface area contributed by atoms with E-state index < -0.39 is 21.4 Å². The molecule has 3 aliphatic rings. The Morgan fingerprint density at radius 3 is 2.15 bits per heavy atom. The maximum Gasteiger partial charge on any atom is 0.283 e. The molecule has 4 aromatic carbocycles. The minimum Gasteiger partial charge on any atom is -0.327 e. The molecule has 1 aliphatic carbocycles. The van der Waals surface area contributed by atoms with E-state index in [0.29, 0.717) is 0 Å². The third kappa shape index (κ3) is 5.27. The summed E-state index contributed by atoms with van der Waals surface area (Å²) < 4.78 is 36.7. The van der Waals surface area contributed by atoms with Crippen molar-refractivity contribution in [1.29, 1.82) is 0 Å². The molecule has 5 nitrogen and oxygen atoms in total. The minimum absolute atomic E-state index is 0.185. The van der Waals surface area contributed by atoms with Gasteiger partial charge in [0.1, 0.15) is 7.05 Å². The van der Waals surface area contributed by atoms with Crippen molar-refractivity contribution in [3.05, 3.63) is 130 Å². The van der Waals surface area contributed by atoms with Crippen LogP contribution in [0.15, 0.2) is 119 Å². The van der Waals surface area contributed by atoms with E-state index in [0.717, 1.165) is 63.2 Å². The number of nitrogens with zero attached hydrogens (tertiary/aromatic N) is 2. The fraction of sp³-hybridized carbons (Fsp3) is 0.275. The fourth-order valence-electron chi connectivity index (χ4n) is 8.10. The molecule has 7 rings (SSSR count). The van der Waals surface area contributed by atoms with E-state index in [4.69, 9.17) is 11.6 Å². The second-order valence-corrected chi connectivity index (χ2v) is 15.8. The van der Waals surface area contributed by atoms with Gasteiger partial charge in [-0.1, -0.05) is 92.2 Å². The molecule has 0 saturated carbocycles. The van der Waals surface area contributed by atoms with Gasteiger partial charge in [0.15, 0.2) is 11.6 Å². The highest BCUT2D eigenvalue weighted by Gasteiger charge is 2.45. The lowest BCUT2D eigenvalue weighted by atomic mass is 9.79. The fourth-order valence-corrected chi connectivity index (χ4v) is 9.02. The van der Waals surface area contributed by atoms with E-state index in [2.05, 4.69) is 100 Å². The van der Waals surface area contributed by atoms with Crippen LogP contribution in [0.5, 0.6) is 0 Å². The Morgan fingerprint density at radius 2 is 1.47 bits per heavy atom. The van der Waals surface area contributed by atoms with Crippen molar-refractivity contribution in [2.75, 3.05) is 17.8 Å². The third-order valence-corrected chi connectivity index (χ3v) is 11.4. The zero-order valence-electron chi connectivity index (χ0n) is 27.5. The average molecular weight is 664 g/mol. The van der Waals surface area contributed by atoms with Crippen LogP contribution < -0.4 is 4.90 Å². The molecule has 0 unspecified atom stereocenters. The van der Waals surface area contributed by atoms with Crippen molar-refractivity contribution in [2.45, 2.75) is 57.8 Å². The molecule has 0 saturated heterocycles. The van der Waals surface area contributed by atoms with E-state index in [-0.39, 0.29) is 5.41 Å². The molecule has 2 heterocycles. The number of halogens is 1. The molecule has 1 N–H and O–H groups in total. The number of anilines is 1. The zero-order chi connectivity index (χ0) is 33.3. The molecule has 0 fully saturated rings. The van der Waals surface area contributed by atoms with Gasteiger partial charge in [0, 0.05) is 39.5 Å². The molecule has 0 amide bonds. The average Bonchev–Trinajstić information content (AvgIpc) is 3.36. The lowest BCUT2D eigenvalue weighted by Crippen LogP contribution is -2.30. The first kappa shape index (κ1) is 31.6. The van der Waals surface area contributed by atoms with Crippen molar-refractivity contribution in [3.8, 4) is 0 Å². The van der Waals surface area contributed by atoms with Gasteiger partial charge in [0.25, 0.3) is 10.1 Å². The Labute approximate surface area is 282 Å². The SMILES string of the molecule is C[N+]1=C(/C=C/C2=C(Cl)C(=C/C=C3/N(CS(=O)(=O)O)c4ccc5ccccc5c4C3(C)C)/CCC2)C(C)(C)c2c1ccc1ccccc21. The Bertz CT molecular complexity index is 2250. The third-order valence-electron chi connectivity index (χ3n) is 10.3.